The molecule has 0 fully saturated rings. The van der Waals surface area contributed by atoms with Gasteiger partial charge in [-0.25, -0.2) is 4.39 Å². The molecule has 0 spiro atoms. The summed E-state index contributed by atoms with van der Waals surface area (Å²) in [6, 6.07) is 4.05. The first-order valence-electron chi connectivity index (χ1n) is 5.81. The lowest BCUT2D eigenvalue weighted by Crippen LogP contribution is -2.32. The van der Waals surface area contributed by atoms with E-state index < -0.39 is 11.9 Å². The summed E-state index contributed by atoms with van der Waals surface area (Å²) >= 11 is 3.02. The standard InChI is InChI=1S/C13H17BrFNO2/c1-8(2)5-10(17)7-16-13(18)9-3-4-12(15)11(14)6-9/h3-4,6,8,10,17H,5,7H2,1-2H3,(H,16,18). The number of benzene rings is 1. The monoisotopic (exact) mass is 317 g/mol. The molecule has 1 rings (SSSR count). The van der Waals surface area contributed by atoms with Crippen LogP contribution in [0.15, 0.2) is 22.7 Å². The van der Waals surface area contributed by atoms with Crippen LogP contribution < -0.4 is 5.32 Å². The highest BCUT2D eigenvalue weighted by Gasteiger charge is 2.11. The smallest absolute Gasteiger partial charge is 0.251 e. The number of aliphatic hydroxyl groups excluding tert-OH is 1. The van der Waals surface area contributed by atoms with Crippen molar-refractivity contribution in [3.63, 3.8) is 0 Å². The summed E-state index contributed by atoms with van der Waals surface area (Å²) in [5.74, 6) is -0.359. The zero-order chi connectivity index (χ0) is 13.7. The fourth-order valence-electron chi connectivity index (χ4n) is 1.58. The van der Waals surface area contributed by atoms with Crippen molar-refractivity contribution in [3.8, 4) is 0 Å². The Morgan fingerprint density at radius 2 is 2.17 bits per heavy atom. The van der Waals surface area contributed by atoms with E-state index in [0.717, 1.165) is 0 Å². The molecular weight excluding hydrogens is 301 g/mol. The van der Waals surface area contributed by atoms with Gasteiger partial charge in [-0.3, -0.25) is 4.79 Å². The SMILES string of the molecule is CC(C)CC(O)CNC(=O)c1ccc(F)c(Br)c1. The minimum absolute atomic E-state index is 0.200. The quantitative estimate of drug-likeness (QED) is 0.877. The lowest BCUT2D eigenvalue weighted by atomic mass is 10.1. The molecule has 2 N–H and O–H groups in total. The second kappa shape index (κ2) is 6.85. The molecule has 0 aliphatic heterocycles. The van der Waals surface area contributed by atoms with Gasteiger partial charge in [0.1, 0.15) is 5.82 Å². The van der Waals surface area contributed by atoms with Crippen LogP contribution in [0, 0.1) is 11.7 Å². The molecule has 0 heterocycles. The number of nitrogens with one attached hydrogen (secondary N) is 1. The highest BCUT2D eigenvalue weighted by atomic mass is 79.9. The first-order valence-corrected chi connectivity index (χ1v) is 6.60. The maximum Gasteiger partial charge on any atom is 0.251 e. The Labute approximate surface area is 115 Å². The third-order valence-electron chi connectivity index (χ3n) is 2.42. The van der Waals surface area contributed by atoms with Crippen molar-refractivity contribution in [2.24, 2.45) is 5.92 Å². The number of rotatable bonds is 5. The molecule has 0 saturated carbocycles. The van der Waals surface area contributed by atoms with Crippen LogP contribution in [0.1, 0.15) is 30.6 Å². The predicted octanol–water partition coefficient (Wildman–Crippen LogP) is 2.73. The topological polar surface area (TPSA) is 49.3 Å². The van der Waals surface area contributed by atoms with E-state index >= 15 is 0 Å². The van der Waals surface area contributed by atoms with E-state index in [1.54, 1.807) is 0 Å². The highest BCUT2D eigenvalue weighted by molar-refractivity contribution is 9.10. The van der Waals surface area contributed by atoms with E-state index in [1.165, 1.54) is 18.2 Å². The maximum atomic E-state index is 13.0. The summed E-state index contributed by atoms with van der Waals surface area (Å²) in [5, 5.41) is 12.2. The zero-order valence-electron chi connectivity index (χ0n) is 10.4. The van der Waals surface area contributed by atoms with E-state index in [0.29, 0.717) is 17.9 Å². The van der Waals surface area contributed by atoms with Crippen molar-refractivity contribution >= 4 is 21.8 Å². The lowest BCUT2D eigenvalue weighted by molar-refractivity contribution is 0.0900. The molecule has 1 atom stereocenters. The molecule has 1 unspecified atom stereocenters. The normalized spacial score (nSPS) is 12.6. The maximum absolute atomic E-state index is 13.0. The minimum Gasteiger partial charge on any atom is -0.391 e. The molecule has 18 heavy (non-hydrogen) atoms. The Hall–Kier alpha value is -0.940. The molecule has 0 saturated heterocycles. The second-order valence-corrected chi connectivity index (χ2v) is 5.48. The fraction of sp³-hybridized carbons (Fsp3) is 0.462. The average molecular weight is 318 g/mol. The van der Waals surface area contributed by atoms with Crippen LogP contribution in [0.25, 0.3) is 0 Å². The first-order chi connectivity index (χ1) is 8.40. The van der Waals surface area contributed by atoms with Crippen molar-refractivity contribution in [2.75, 3.05) is 6.54 Å². The Balaban J connectivity index is 2.52. The molecule has 1 amide bonds. The lowest BCUT2D eigenvalue weighted by Gasteiger charge is -2.13. The van der Waals surface area contributed by atoms with Gasteiger partial charge in [-0.05, 0) is 46.5 Å². The van der Waals surface area contributed by atoms with Gasteiger partial charge >= 0.3 is 0 Å². The van der Waals surface area contributed by atoms with Gasteiger partial charge in [0.25, 0.3) is 5.91 Å². The highest BCUT2D eigenvalue weighted by Crippen LogP contribution is 2.16. The molecule has 100 valence electrons. The van der Waals surface area contributed by atoms with Crippen LogP contribution in [0.2, 0.25) is 0 Å². The second-order valence-electron chi connectivity index (χ2n) is 4.62. The summed E-state index contributed by atoms with van der Waals surface area (Å²) in [6.45, 7) is 4.20. The van der Waals surface area contributed by atoms with E-state index in [1.807, 2.05) is 13.8 Å². The van der Waals surface area contributed by atoms with Gasteiger partial charge in [-0.15, -0.1) is 0 Å². The van der Waals surface area contributed by atoms with Gasteiger partial charge in [0.15, 0.2) is 0 Å². The summed E-state index contributed by atoms with van der Waals surface area (Å²) in [5.41, 5.74) is 0.361. The number of carbonyl (C=O) groups is 1. The zero-order valence-corrected chi connectivity index (χ0v) is 12.0. The molecule has 0 aromatic heterocycles. The first kappa shape index (κ1) is 15.1. The number of halogens is 2. The van der Waals surface area contributed by atoms with Crippen molar-refractivity contribution in [1.29, 1.82) is 0 Å². The van der Waals surface area contributed by atoms with E-state index in [2.05, 4.69) is 21.2 Å². The molecule has 5 heteroatoms. The number of hydrogen-bond donors (Lipinski definition) is 2. The Morgan fingerprint density at radius 3 is 2.72 bits per heavy atom. The molecule has 0 aliphatic carbocycles. The van der Waals surface area contributed by atoms with E-state index in [9.17, 15) is 14.3 Å². The number of aliphatic hydroxyl groups is 1. The molecule has 3 nitrogen and oxygen atoms in total. The average Bonchev–Trinajstić information content (AvgIpc) is 2.28. The van der Waals surface area contributed by atoms with Gasteiger partial charge in [0.05, 0.1) is 10.6 Å². The molecular formula is C13H17BrFNO2. The molecule has 1 aromatic rings. The largest absolute Gasteiger partial charge is 0.391 e. The number of hydrogen-bond acceptors (Lipinski definition) is 2. The van der Waals surface area contributed by atoms with Crippen molar-refractivity contribution < 1.29 is 14.3 Å². The fourth-order valence-corrected chi connectivity index (χ4v) is 1.96. The molecule has 1 aromatic carbocycles. The number of amides is 1. The summed E-state index contributed by atoms with van der Waals surface area (Å²) in [4.78, 5) is 11.7. The molecule has 0 bridgehead atoms. The molecule has 0 radical (unpaired) electrons. The van der Waals surface area contributed by atoms with Crippen molar-refractivity contribution in [2.45, 2.75) is 26.4 Å². The van der Waals surface area contributed by atoms with Crippen LogP contribution in [0.3, 0.4) is 0 Å². The van der Waals surface area contributed by atoms with Gasteiger partial charge in [-0.2, -0.15) is 0 Å². The van der Waals surface area contributed by atoms with E-state index in [4.69, 9.17) is 0 Å². The van der Waals surface area contributed by atoms with Gasteiger partial charge in [0.2, 0.25) is 0 Å². The van der Waals surface area contributed by atoms with Crippen LogP contribution in [-0.4, -0.2) is 23.7 Å². The summed E-state index contributed by atoms with van der Waals surface area (Å²) in [6.07, 6.45) is 0.0748. The third-order valence-corrected chi connectivity index (χ3v) is 3.03. The van der Waals surface area contributed by atoms with Gasteiger partial charge < -0.3 is 10.4 Å². The Morgan fingerprint density at radius 1 is 1.50 bits per heavy atom. The Bertz CT molecular complexity index is 423. The van der Waals surface area contributed by atoms with Crippen molar-refractivity contribution in [3.05, 3.63) is 34.1 Å². The predicted molar refractivity (Wildman–Crippen MR) is 71.9 cm³/mol. The molecule has 0 aliphatic rings. The Kier molecular flexibility index (Phi) is 5.75. The van der Waals surface area contributed by atoms with Gasteiger partial charge in [0, 0.05) is 12.1 Å². The number of carbonyl (C=O) groups excluding carboxylic acids is 1. The van der Waals surface area contributed by atoms with E-state index in [-0.39, 0.29) is 16.9 Å². The minimum atomic E-state index is -0.558. The van der Waals surface area contributed by atoms with Crippen molar-refractivity contribution in [1.82, 2.24) is 5.32 Å². The summed E-state index contributed by atoms with van der Waals surface area (Å²) in [7, 11) is 0. The summed E-state index contributed by atoms with van der Waals surface area (Å²) < 4.78 is 13.2. The third kappa shape index (κ3) is 4.74. The van der Waals surface area contributed by atoms with Crippen LogP contribution in [0.5, 0.6) is 0 Å². The van der Waals surface area contributed by atoms with Gasteiger partial charge in [-0.1, -0.05) is 13.8 Å². The van der Waals surface area contributed by atoms with Crippen LogP contribution in [-0.2, 0) is 0 Å². The van der Waals surface area contributed by atoms with Crippen LogP contribution >= 0.6 is 15.9 Å². The van der Waals surface area contributed by atoms with Crippen LogP contribution in [0.4, 0.5) is 4.39 Å².